The lowest BCUT2D eigenvalue weighted by atomic mass is 9.86. The number of allylic oxidation sites excluding steroid dienone is 2. The van der Waals surface area contributed by atoms with Crippen molar-refractivity contribution in [3.8, 4) is 5.88 Å². The first-order valence-electron chi connectivity index (χ1n) is 15.8. The summed E-state index contributed by atoms with van der Waals surface area (Å²) in [6.45, 7) is 18.6. The molecule has 0 saturated carbocycles. The Morgan fingerprint density at radius 1 is 1.19 bits per heavy atom. The van der Waals surface area contributed by atoms with Crippen molar-refractivity contribution in [2.24, 2.45) is 5.92 Å². The molecule has 0 unspecified atom stereocenters. The quantitative estimate of drug-likeness (QED) is 0.0548. The maximum absolute atomic E-state index is 12.8. The fraction of sp³-hybridized carbons (Fsp3) is 0.719. The monoisotopic (exact) mass is 711 g/mol. The summed E-state index contributed by atoms with van der Waals surface area (Å²) in [6.07, 6.45) is 8.08. The third kappa shape index (κ3) is 10.5. The number of ether oxygens (including phenoxy) is 3. The van der Waals surface area contributed by atoms with Gasteiger partial charge in [0.25, 0.3) is 5.88 Å². The van der Waals surface area contributed by atoms with Crippen LogP contribution in [0.25, 0.3) is 0 Å². The minimum atomic E-state index is -5.95. The van der Waals surface area contributed by atoms with E-state index in [1.165, 1.54) is 7.11 Å². The Labute approximate surface area is 278 Å². The van der Waals surface area contributed by atoms with Gasteiger partial charge in [-0.25, -0.2) is 0 Å². The second-order valence-electron chi connectivity index (χ2n) is 13.0. The molecule has 10 nitrogen and oxygen atoms in total. The van der Waals surface area contributed by atoms with Gasteiger partial charge >= 0.3 is 15.6 Å². The Balaban J connectivity index is 2.57. The van der Waals surface area contributed by atoms with Crippen LogP contribution in [0, 0.1) is 5.92 Å². The van der Waals surface area contributed by atoms with Gasteiger partial charge in [0.05, 0.1) is 24.7 Å². The van der Waals surface area contributed by atoms with Crippen molar-refractivity contribution in [3.63, 3.8) is 0 Å². The molecular weight excluding hydrogens is 659 g/mol. The van der Waals surface area contributed by atoms with E-state index in [-0.39, 0.29) is 54.0 Å². The largest absolute Gasteiger partial charge is 0.534 e. The van der Waals surface area contributed by atoms with E-state index in [2.05, 4.69) is 57.3 Å². The molecule has 0 radical (unpaired) electrons. The fourth-order valence-corrected chi connectivity index (χ4v) is 12.4. The smallest absolute Gasteiger partial charge is 0.445 e. The molecule has 0 bridgehead atoms. The molecule has 1 aromatic heterocycles. The summed E-state index contributed by atoms with van der Waals surface area (Å²) in [5, 5.41) is 10.4. The van der Waals surface area contributed by atoms with Gasteiger partial charge in [-0.05, 0) is 42.3 Å². The van der Waals surface area contributed by atoms with Gasteiger partial charge in [0.1, 0.15) is 0 Å². The zero-order valence-corrected chi connectivity index (χ0v) is 30.7. The number of hydrogen-bond acceptors (Lipinski definition) is 10. The summed E-state index contributed by atoms with van der Waals surface area (Å²) in [7, 11) is -5.40. The molecule has 1 N–H and O–H groups in total. The Kier molecular flexibility index (Phi) is 15.0. The number of rotatable bonds is 18. The number of methoxy groups -OCH3 is 2. The number of aliphatic hydroxyl groups is 1. The molecule has 2 rings (SSSR count). The normalized spacial score (nSPS) is 23.2. The van der Waals surface area contributed by atoms with E-state index in [9.17, 15) is 26.7 Å². The lowest BCUT2D eigenvalue weighted by Crippen LogP contribution is -2.56. The molecule has 47 heavy (non-hydrogen) atoms. The zero-order chi connectivity index (χ0) is 35.8. The minimum absolute atomic E-state index is 0.155. The van der Waals surface area contributed by atoms with Crippen molar-refractivity contribution in [1.29, 1.82) is 0 Å². The van der Waals surface area contributed by atoms with Crippen LogP contribution in [0.5, 0.6) is 5.88 Å². The van der Waals surface area contributed by atoms with Crippen LogP contribution in [0.1, 0.15) is 73.6 Å². The number of aromatic nitrogens is 1. The predicted octanol–water partition coefficient (Wildman–Crippen LogP) is 7.23. The lowest BCUT2D eigenvalue weighted by molar-refractivity contribution is -0.291. The summed E-state index contributed by atoms with van der Waals surface area (Å²) < 4.78 is 96.3. The molecule has 5 atom stereocenters. The van der Waals surface area contributed by atoms with Crippen LogP contribution < -0.4 is 4.18 Å². The summed E-state index contributed by atoms with van der Waals surface area (Å²) >= 11 is 0. The van der Waals surface area contributed by atoms with E-state index in [0.717, 1.165) is 5.57 Å². The highest BCUT2D eigenvalue weighted by Crippen LogP contribution is 2.46. The van der Waals surface area contributed by atoms with Crippen LogP contribution in [0.3, 0.4) is 0 Å². The maximum atomic E-state index is 12.8. The van der Waals surface area contributed by atoms with Crippen molar-refractivity contribution in [2.45, 2.75) is 120 Å². The standard InChI is InChI=1S/C32H52F3NO9SSi/c1-11-12-26(40-9)14-13-24(8)15-28(45-47(21(2)3,22(4)5)23(6)7)27-16-25(19-37)17-31(41-10,43-27)18-29-36-30(20-42-29)44-46(38,39)32(33,34)35/h11,13-15,20-23,25-28,37H,1,12,16-19H2,2-10H3/b14-13+,24-15+/t25-,26-,27-,28+,31+/m1/s1. The van der Waals surface area contributed by atoms with E-state index in [1.54, 1.807) is 13.2 Å². The molecule has 0 spiro atoms. The lowest BCUT2D eigenvalue weighted by Gasteiger charge is -2.49. The molecular formula is C32H52F3NO9SSi. The predicted molar refractivity (Wildman–Crippen MR) is 175 cm³/mol. The Morgan fingerprint density at radius 2 is 1.81 bits per heavy atom. The molecule has 15 heteroatoms. The second-order valence-corrected chi connectivity index (χ2v) is 19.9. The highest BCUT2D eigenvalue weighted by Gasteiger charge is 2.51. The Morgan fingerprint density at radius 3 is 2.30 bits per heavy atom. The third-order valence-electron chi connectivity index (χ3n) is 8.71. The molecule has 1 aliphatic rings. The number of alkyl halides is 3. The van der Waals surface area contributed by atoms with Crippen LogP contribution in [-0.4, -0.2) is 77.3 Å². The number of hydrogen-bond donors (Lipinski definition) is 1. The van der Waals surface area contributed by atoms with E-state index in [0.29, 0.717) is 19.1 Å². The third-order valence-corrected chi connectivity index (χ3v) is 15.8. The van der Waals surface area contributed by atoms with E-state index < -0.39 is 47.8 Å². The van der Waals surface area contributed by atoms with Crippen LogP contribution in [0.15, 0.2) is 47.1 Å². The molecule has 1 aliphatic heterocycles. The van der Waals surface area contributed by atoms with Gasteiger partial charge in [-0.2, -0.15) is 26.6 Å². The summed E-state index contributed by atoms with van der Waals surface area (Å²) in [6, 6.07) is 0. The molecule has 0 aliphatic carbocycles. The summed E-state index contributed by atoms with van der Waals surface area (Å²) in [4.78, 5) is 3.80. The Hall–Kier alpha value is -2.01. The first-order chi connectivity index (χ1) is 21.8. The van der Waals surface area contributed by atoms with Crippen LogP contribution in [0.4, 0.5) is 13.2 Å². The summed E-state index contributed by atoms with van der Waals surface area (Å²) in [5.74, 6) is -2.80. The highest BCUT2D eigenvalue weighted by atomic mass is 32.2. The van der Waals surface area contributed by atoms with Crippen molar-refractivity contribution < 1.29 is 53.9 Å². The van der Waals surface area contributed by atoms with Crippen LogP contribution in [0.2, 0.25) is 16.6 Å². The van der Waals surface area contributed by atoms with Crippen molar-refractivity contribution in [1.82, 2.24) is 4.98 Å². The average molecular weight is 712 g/mol. The summed E-state index contributed by atoms with van der Waals surface area (Å²) in [5.41, 5.74) is -3.98. The van der Waals surface area contributed by atoms with Gasteiger partial charge in [0.15, 0.2) is 12.1 Å². The molecule has 0 amide bonds. The molecule has 1 aromatic rings. The van der Waals surface area contributed by atoms with E-state index >= 15 is 0 Å². The fourth-order valence-electron chi connectivity index (χ4n) is 6.54. The minimum Gasteiger partial charge on any atom is -0.445 e. The number of oxazole rings is 1. The Bertz CT molecular complexity index is 1290. The zero-order valence-electron chi connectivity index (χ0n) is 28.9. The van der Waals surface area contributed by atoms with Gasteiger partial charge < -0.3 is 32.3 Å². The van der Waals surface area contributed by atoms with Crippen molar-refractivity contribution >= 4 is 18.4 Å². The molecule has 2 heterocycles. The topological polar surface area (TPSA) is 127 Å². The average Bonchev–Trinajstić information content (AvgIpc) is 3.41. The van der Waals surface area contributed by atoms with E-state index in [4.69, 9.17) is 23.1 Å². The molecule has 270 valence electrons. The van der Waals surface area contributed by atoms with Crippen molar-refractivity contribution in [2.75, 3.05) is 20.8 Å². The second kappa shape index (κ2) is 17.1. The first-order valence-corrected chi connectivity index (χ1v) is 19.3. The SMILES string of the molecule is C=CC[C@H](/C=C/C(C)=C/[C@H](O[Si](C(C)C)(C(C)C)C(C)C)[C@H]1C[C@@H](CO)C[C@](Cc2nc(OS(=O)(=O)C(F)(F)F)co2)(OC)O1)OC. The molecule has 0 aromatic carbocycles. The van der Waals surface area contributed by atoms with Gasteiger partial charge in [-0.3, -0.25) is 0 Å². The van der Waals surface area contributed by atoms with Gasteiger partial charge in [0.2, 0.25) is 14.2 Å². The number of aliphatic hydroxyl groups excluding tert-OH is 1. The van der Waals surface area contributed by atoms with E-state index in [1.807, 2.05) is 25.2 Å². The van der Waals surface area contributed by atoms with Gasteiger partial charge in [-0.15, -0.1) is 6.58 Å². The first kappa shape index (κ1) is 41.2. The highest BCUT2D eigenvalue weighted by molar-refractivity contribution is 7.87. The number of nitrogens with zero attached hydrogens (tertiary/aromatic N) is 1. The molecule has 1 saturated heterocycles. The molecule has 1 fully saturated rings. The number of halogens is 3. The van der Waals surface area contributed by atoms with Crippen molar-refractivity contribution in [3.05, 3.63) is 48.6 Å². The van der Waals surface area contributed by atoms with Crippen LogP contribution >= 0.6 is 0 Å². The van der Waals surface area contributed by atoms with Gasteiger partial charge in [-0.1, -0.05) is 71.4 Å². The van der Waals surface area contributed by atoms with Gasteiger partial charge in [0, 0.05) is 27.2 Å². The maximum Gasteiger partial charge on any atom is 0.534 e. The van der Waals surface area contributed by atoms with Crippen LogP contribution in [-0.2, 0) is 35.2 Å².